The van der Waals surface area contributed by atoms with Crippen LogP contribution in [0.4, 0.5) is 0 Å². The van der Waals surface area contributed by atoms with E-state index in [4.69, 9.17) is 5.11 Å². The van der Waals surface area contributed by atoms with Crippen molar-refractivity contribution < 1.29 is 14.7 Å². The van der Waals surface area contributed by atoms with Crippen molar-refractivity contribution >= 4 is 23.6 Å². The molecule has 0 bridgehead atoms. The topological polar surface area (TPSA) is 57.6 Å². The number of aliphatic carboxylic acids is 1. The summed E-state index contributed by atoms with van der Waals surface area (Å²) in [6.07, 6.45) is 2.49. The van der Waals surface area contributed by atoms with Gasteiger partial charge in [-0.15, -0.1) is 11.8 Å². The van der Waals surface area contributed by atoms with E-state index in [2.05, 4.69) is 12.1 Å². The van der Waals surface area contributed by atoms with E-state index in [0.717, 1.165) is 30.6 Å². The van der Waals surface area contributed by atoms with Gasteiger partial charge in [0, 0.05) is 23.7 Å². The zero-order valence-electron chi connectivity index (χ0n) is 12.3. The number of hydrogen-bond donors (Lipinski definition) is 1. The van der Waals surface area contributed by atoms with Gasteiger partial charge in [0.25, 0.3) is 0 Å². The van der Waals surface area contributed by atoms with Crippen LogP contribution in [-0.4, -0.2) is 40.7 Å². The minimum atomic E-state index is -0.666. The first kappa shape index (κ1) is 14.1. The highest BCUT2D eigenvalue weighted by Crippen LogP contribution is 2.59. The monoisotopic (exact) mass is 317 g/mol. The van der Waals surface area contributed by atoms with E-state index < -0.39 is 5.97 Å². The predicted octanol–water partition coefficient (Wildman–Crippen LogP) is 2.59. The summed E-state index contributed by atoms with van der Waals surface area (Å²) in [6.45, 7) is 1.43. The maximum atomic E-state index is 12.8. The maximum absolute atomic E-state index is 12.8. The van der Waals surface area contributed by atoms with E-state index >= 15 is 0 Å². The number of benzene rings is 1. The zero-order chi connectivity index (χ0) is 15.3. The Hall–Kier alpha value is -1.49. The number of carbonyl (C=O) groups is 2. The minimum absolute atomic E-state index is 0.00898. The fourth-order valence-electron chi connectivity index (χ4n) is 4.01. The van der Waals surface area contributed by atoms with Gasteiger partial charge in [-0.25, -0.2) is 0 Å². The molecule has 116 valence electrons. The Morgan fingerprint density at radius 3 is 2.64 bits per heavy atom. The summed E-state index contributed by atoms with van der Waals surface area (Å²) in [5.74, 6) is 0.190. The molecular weight excluding hydrogens is 298 g/mol. The number of rotatable bonds is 2. The van der Waals surface area contributed by atoms with Gasteiger partial charge < -0.3 is 10.0 Å². The molecule has 0 aromatic heterocycles. The van der Waals surface area contributed by atoms with Crippen molar-refractivity contribution in [2.75, 3.05) is 18.8 Å². The molecular formula is C17H19NO3S. The Morgan fingerprint density at radius 2 is 1.95 bits per heavy atom. The molecule has 2 atom stereocenters. The van der Waals surface area contributed by atoms with Crippen molar-refractivity contribution in [1.29, 1.82) is 0 Å². The van der Waals surface area contributed by atoms with Gasteiger partial charge in [0.2, 0.25) is 5.91 Å². The summed E-state index contributed by atoms with van der Waals surface area (Å²) >= 11 is 1.76. The number of likely N-dealkylation sites (tertiary alicyclic amines) is 1. The van der Waals surface area contributed by atoms with Crippen LogP contribution in [0.15, 0.2) is 29.2 Å². The normalized spacial score (nSPS) is 28.5. The lowest BCUT2D eigenvalue weighted by atomic mass is 9.89. The largest absolute Gasteiger partial charge is 0.481 e. The van der Waals surface area contributed by atoms with E-state index in [9.17, 15) is 9.59 Å². The van der Waals surface area contributed by atoms with Crippen LogP contribution in [0.25, 0.3) is 0 Å². The third-order valence-electron chi connectivity index (χ3n) is 5.56. The highest BCUT2D eigenvalue weighted by molar-refractivity contribution is 7.99. The Balaban J connectivity index is 1.43. The van der Waals surface area contributed by atoms with Crippen molar-refractivity contribution in [3.63, 3.8) is 0 Å². The molecule has 1 N–H and O–H groups in total. The molecule has 4 nitrogen and oxygen atoms in total. The van der Waals surface area contributed by atoms with E-state index in [1.54, 1.807) is 11.8 Å². The number of carboxylic acid groups (broad SMARTS) is 1. The summed E-state index contributed by atoms with van der Waals surface area (Å²) in [5, 5.41) is 9.14. The third-order valence-corrected chi connectivity index (χ3v) is 6.74. The van der Waals surface area contributed by atoms with Gasteiger partial charge in [-0.3, -0.25) is 9.59 Å². The Bertz CT molecular complexity index is 637. The number of piperidine rings is 1. The lowest BCUT2D eigenvalue weighted by Gasteiger charge is -2.34. The molecule has 1 saturated heterocycles. The molecule has 1 aromatic carbocycles. The molecule has 2 fully saturated rings. The van der Waals surface area contributed by atoms with Gasteiger partial charge >= 0.3 is 5.97 Å². The summed E-state index contributed by atoms with van der Waals surface area (Å²) in [5.41, 5.74) is 1.15. The highest BCUT2D eigenvalue weighted by Gasteiger charge is 2.59. The molecule has 1 saturated carbocycles. The molecule has 2 unspecified atom stereocenters. The number of nitrogens with zero attached hydrogens (tertiary/aromatic N) is 1. The molecule has 4 rings (SSSR count). The van der Waals surface area contributed by atoms with Crippen LogP contribution in [0.1, 0.15) is 30.7 Å². The van der Waals surface area contributed by atoms with Crippen LogP contribution in [0.3, 0.4) is 0 Å². The number of amides is 1. The van der Waals surface area contributed by atoms with Gasteiger partial charge in [0.15, 0.2) is 0 Å². The number of carbonyl (C=O) groups excluding carboxylic acids is 1. The van der Waals surface area contributed by atoms with Crippen LogP contribution in [0.5, 0.6) is 0 Å². The van der Waals surface area contributed by atoms with E-state index in [1.165, 1.54) is 4.90 Å². The number of thioether (sulfide) groups is 1. The second-order valence-electron chi connectivity index (χ2n) is 6.68. The molecule has 1 amide bonds. The van der Waals surface area contributed by atoms with Crippen molar-refractivity contribution in [1.82, 2.24) is 4.90 Å². The summed E-state index contributed by atoms with van der Waals surface area (Å²) in [4.78, 5) is 27.1. The fraction of sp³-hybridized carbons (Fsp3) is 0.529. The van der Waals surface area contributed by atoms with E-state index in [1.807, 2.05) is 17.0 Å². The molecule has 1 aromatic rings. The van der Waals surface area contributed by atoms with Crippen LogP contribution in [0, 0.1) is 11.3 Å². The molecule has 22 heavy (non-hydrogen) atoms. The molecule has 0 radical (unpaired) electrons. The predicted molar refractivity (Wildman–Crippen MR) is 83.9 cm³/mol. The van der Waals surface area contributed by atoms with Crippen molar-refractivity contribution in [3.8, 4) is 0 Å². The smallest absolute Gasteiger partial charge is 0.307 e. The molecule has 2 heterocycles. The lowest BCUT2D eigenvalue weighted by molar-refractivity contribution is -0.140. The average Bonchev–Trinajstić information content (AvgIpc) is 3.06. The maximum Gasteiger partial charge on any atom is 0.307 e. The number of hydrogen-bond acceptors (Lipinski definition) is 3. The summed E-state index contributed by atoms with van der Waals surface area (Å²) in [6, 6.07) is 8.16. The zero-order valence-corrected chi connectivity index (χ0v) is 13.1. The molecule has 1 spiro atoms. The van der Waals surface area contributed by atoms with E-state index in [0.29, 0.717) is 13.1 Å². The van der Waals surface area contributed by atoms with Crippen LogP contribution in [-0.2, 0) is 9.59 Å². The lowest BCUT2D eigenvalue weighted by Crippen LogP contribution is -2.42. The fourth-order valence-corrected chi connectivity index (χ4v) is 5.23. The Kier molecular flexibility index (Phi) is 3.22. The highest BCUT2D eigenvalue weighted by atomic mass is 32.2. The van der Waals surface area contributed by atoms with Crippen molar-refractivity contribution in [2.45, 2.75) is 30.1 Å². The van der Waals surface area contributed by atoms with Crippen LogP contribution < -0.4 is 0 Å². The van der Waals surface area contributed by atoms with Crippen LogP contribution in [0.2, 0.25) is 0 Å². The average molecular weight is 317 g/mol. The summed E-state index contributed by atoms with van der Waals surface area (Å²) in [7, 11) is 0. The Labute approximate surface area is 133 Å². The first-order valence-electron chi connectivity index (χ1n) is 7.84. The van der Waals surface area contributed by atoms with Gasteiger partial charge in [0.05, 0.1) is 11.8 Å². The van der Waals surface area contributed by atoms with Gasteiger partial charge in [0.1, 0.15) is 0 Å². The first-order valence-corrected chi connectivity index (χ1v) is 8.83. The second-order valence-corrected chi connectivity index (χ2v) is 7.75. The van der Waals surface area contributed by atoms with Gasteiger partial charge in [-0.05, 0) is 36.3 Å². The number of carboxylic acids is 1. The van der Waals surface area contributed by atoms with Crippen LogP contribution >= 0.6 is 11.8 Å². The van der Waals surface area contributed by atoms with Gasteiger partial charge in [-0.2, -0.15) is 0 Å². The quantitative estimate of drug-likeness (QED) is 0.911. The molecule has 2 aliphatic heterocycles. The Morgan fingerprint density at radius 1 is 1.23 bits per heavy atom. The molecule has 1 aliphatic carbocycles. The first-order chi connectivity index (χ1) is 10.6. The van der Waals surface area contributed by atoms with Gasteiger partial charge in [-0.1, -0.05) is 18.2 Å². The second kappa shape index (κ2) is 5.01. The third kappa shape index (κ3) is 2.14. The minimum Gasteiger partial charge on any atom is -0.481 e. The SMILES string of the molecule is O=C(O)C1CC12CCN(C(=O)C1CSc3ccccc31)CC2. The van der Waals surface area contributed by atoms with E-state index in [-0.39, 0.29) is 23.2 Å². The van der Waals surface area contributed by atoms with Crippen molar-refractivity contribution in [2.24, 2.45) is 11.3 Å². The molecule has 3 aliphatic rings. The van der Waals surface area contributed by atoms with Crippen molar-refractivity contribution in [3.05, 3.63) is 29.8 Å². The number of fused-ring (bicyclic) bond motifs is 1. The molecule has 5 heteroatoms. The standard InChI is InChI=1S/C17H19NO3S/c19-15(12-10-22-14-4-2-1-3-11(12)14)18-7-5-17(6-8-18)9-13(17)16(20)21/h1-4,12-13H,5-10H2,(H,20,21). The summed E-state index contributed by atoms with van der Waals surface area (Å²) < 4.78 is 0.